The number of phenolic OH excluding ortho intramolecular Hbond substituents is 3. The van der Waals surface area contributed by atoms with Crippen LogP contribution < -0.4 is 4.74 Å². The molecule has 2 rings (SSSR count). The first-order valence-electron chi connectivity index (χ1n) is 14.1. The van der Waals surface area contributed by atoms with E-state index in [2.05, 4.69) is 26.8 Å². The number of ether oxygens (including phenoxy) is 1. The molecule has 0 spiro atoms. The highest BCUT2D eigenvalue weighted by molar-refractivity contribution is 6.02. The number of aromatic hydroxyl groups is 3. The van der Waals surface area contributed by atoms with Gasteiger partial charge < -0.3 is 20.1 Å². The molecule has 0 fully saturated rings. The van der Waals surface area contributed by atoms with Crippen LogP contribution in [0.3, 0.4) is 0 Å². The summed E-state index contributed by atoms with van der Waals surface area (Å²) in [4.78, 5) is 13.2. The van der Waals surface area contributed by atoms with Crippen LogP contribution >= 0.6 is 0 Å². The summed E-state index contributed by atoms with van der Waals surface area (Å²) in [6.45, 7) is 6.49. The molecule has 0 bridgehead atoms. The number of rotatable bonds is 17. The monoisotopic (exact) mass is 522 g/mol. The number of ketones is 1. The molecule has 0 amide bonds. The molecule has 2 aromatic carbocycles. The van der Waals surface area contributed by atoms with Crippen molar-refractivity contribution in [3.8, 4) is 23.0 Å². The van der Waals surface area contributed by atoms with Gasteiger partial charge in [-0.05, 0) is 62.6 Å². The van der Waals surface area contributed by atoms with E-state index in [0.717, 1.165) is 24.8 Å². The number of carbonyl (C=O) groups is 1. The summed E-state index contributed by atoms with van der Waals surface area (Å²) in [6, 6.07) is 8.18. The molecule has 0 aliphatic rings. The number of Topliss-reactive ketones (excluding diaryl/α,β-unsaturated/α-hetero) is 1. The standard InChI is InChI=1S/C33H46O5/c1-5-8-9-10-11-13-24(6-2)22-25(7-3)18-21-29(35)32-30(36)23-31(38-4)28(33(32)37)15-12-14-26-16-19-27(34)20-17-26/h6,12,14,16-17,19-20,23,25,34,36-37H,5,7-11,13,15,18,21-22H2,1-4H3/b14-12+,24-6+. The van der Waals surface area contributed by atoms with Crippen LogP contribution in [0.15, 0.2) is 48.1 Å². The van der Waals surface area contributed by atoms with Crippen LogP contribution in [0.4, 0.5) is 0 Å². The van der Waals surface area contributed by atoms with Crippen molar-refractivity contribution in [3.05, 3.63) is 64.7 Å². The highest BCUT2D eigenvalue weighted by Gasteiger charge is 2.23. The zero-order valence-electron chi connectivity index (χ0n) is 23.6. The number of hydrogen-bond donors (Lipinski definition) is 3. The van der Waals surface area contributed by atoms with E-state index in [1.54, 1.807) is 24.3 Å². The molecule has 0 heterocycles. The minimum atomic E-state index is -0.259. The van der Waals surface area contributed by atoms with Gasteiger partial charge in [0.25, 0.3) is 0 Å². The molecule has 1 atom stereocenters. The number of benzene rings is 2. The van der Waals surface area contributed by atoms with E-state index in [4.69, 9.17) is 4.74 Å². The molecular formula is C33H46O5. The van der Waals surface area contributed by atoms with Crippen LogP contribution in [0.2, 0.25) is 0 Å². The normalized spacial score (nSPS) is 12.7. The second-order valence-electron chi connectivity index (χ2n) is 10.0. The molecule has 0 saturated carbocycles. The fourth-order valence-electron chi connectivity index (χ4n) is 4.83. The fourth-order valence-corrected chi connectivity index (χ4v) is 4.83. The Morgan fingerprint density at radius 3 is 2.34 bits per heavy atom. The SMILES string of the molecule is C/C=C(\CCCCCCC)CC(CC)CCC(=O)c1c(O)cc(OC)c(C/C=C/c2ccc(O)cc2)c1O. The average Bonchev–Trinajstić information content (AvgIpc) is 2.91. The minimum Gasteiger partial charge on any atom is -0.508 e. The lowest BCUT2D eigenvalue weighted by Crippen LogP contribution is -2.08. The second kappa shape index (κ2) is 16.6. The summed E-state index contributed by atoms with van der Waals surface area (Å²) in [6.07, 6.45) is 16.6. The van der Waals surface area contributed by atoms with Gasteiger partial charge in [-0.15, -0.1) is 0 Å². The summed E-state index contributed by atoms with van der Waals surface area (Å²) in [5.41, 5.74) is 2.77. The van der Waals surface area contributed by atoms with E-state index >= 15 is 0 Å². The molecule has 38 heavy (non-hydrogen) atoms. The molecule has 0 radical (unpaired) electrons. The summed E-state index contributed by atoms with van der Waals surface area (Å²) < 4.78 is 5.38. The Labute approximate surface area is 228 Å². The van der Waals surface area contributed by atoms with Gasteiger partial charge >= 0.3 is 0 Å². The van der Waals surface area contributed by atoms with E-state index in [-0.39, 0.29) is 35.0 Å². The predicted molar refractivity (Wildman–Crippen MR) is 156 cm³/mol. The maximum atomic E-state index is 13.2. The zero-order chi connectivity index (χ0) is 27.9. The Balaban J connectivity index is 2.07. The van der Waals surface area contributed by atoms with Gasteiger partial charge in [-0.2, -0.15) is 0 Å². The number of methoxy groups -OCH3 is 1. The van der Waals surface area contributed by atoms with Gasteiger partial charge in [0.15, 0.2) is 5.78 Å². The molecule has 2 aromatic rings. The lowest BCUT2D eigenvalue weighted by Gasteiger charge is -2.18. The zero-order valence-corrected chi connectivity index (χ0v) is 23.6. The fraction of sp³-hybridized carbons (Fsp3) is 0.485. The van der Waals surface area contributed by atoms with Crippen molar-refractivity contribution in [1.29, 1.82) is 0 Å². The maximum Gasteiger partial charge on any atom is 0.170 e. The Kier molecular flexibility index (Phi) is 13.5. The van der Waals surface area contributed by atoms with Crippen molar-refractivity contribution in [2.24, 2.45) is 5.92 Å². The lowest BCUT2D eigenvalue weighted by molar-refractivity contribution is 0.0967. The van der Waals surface area contributed by atoms with Gasteiger partial charge in [0.2, 0.25) is 0 Å². The average molecular weight is 523 g/mol. The third-order valence-corrected chi connectivity index (χ3v) is 7.29. The number of phenols is 3. The van der Waals surface area contributed by atoms with Gasteiger partial charge in [0, 0.05) is 18.1 Å². The second-order valence-corrected chi connectivity index (χ2v) is 10.0. The Hall–Kier alpha value is -3.21. The molecule has 1 unspecified atom stereocenters. The quantitative estimate of drug-likeness (QED) is 0.110. The first-order chi connectivity index (χ1) is 18.3. The van der Waals surface area contributed by atoms with Crippen LogP contribution in [0.1, 0.15) is 106 Å². The van der Waals surface area contributed by atoms with Crippen LogP contribution in [0.25, 0.3) is 6.08 Å². The van der Waals surface area contributed by atoms with Crippen molar-refractivity contribution in [1.82, 2.24) is 0 Å². The molecule has 208 valence electrons. The summed E-state index contributed by atoms with van der Waals surface area (Å²) in [7, 11) is 1.47. The Morgan fingerprint density at radius 2 is 1.71 bits per heavy atom. The third-order valence-electron chi connectivity index (χ3n) is 7.29. The highest BCUT2D eigenvalue weighted by atomic mass is 16.5. The summed E-state index contributed by atoms with van der Waals surface area (Å²) >= 11 is 0. The smallest absolute Gasteiger partial charge is 0.170 e. The van der Waals surface area contributed by atoms with E-state index < -0.39 is 0 Å². The van der Waals surface area contributed by atoms with Crippen molar-refractivity contribution >= 4 is 11.9 Å². The number of hydrogen-bond acceptors (Lipinski definition) is 5. The van der Waals surface area contributed by atoms with E-state index in [9.17, 15) is 20.1 Å². The van der Waals surface area contributed by atoms with E-state index in [1.165, 1.54) is 50.9 Å². The molecule has 3 N–H and O–H groups in total. The third kappa shape index (κ3) is 9.59. The molecule has 0 saturated heterocycles. The van der Waals surface area contributed by atoms with Crippen molar-refractivity contribution < 1.29 is 24.9 Å². The largest absolute Gasteiger partial charge is 0.508 e. The molecule has 5 nitrogen and oxygen atoms in total. The minimum absolute atomic E-state index is 0.0316. The van der Waals surface area contributed by atoms with Crippen LogP contribution in [0, 0.1) is 5.92 Å². The Bertz CT molecular complexity index is 1070. The molecule has 5 heteroatoms. The van der Waals surface area contributed by atoms with Crippen LogP contribution in [-0.2, 0) is 6.42 Å². The van der Waals surface area contributed by atoms with E-state index in [1.807, 2.05) is 12.2 Å². The van der Waals surface area contributed by atoms with Gasteiger partial charge in [-0.3, -0.25) is 4.79 Å². The van der Waals surface area contributed by atoms with Crippen LogP contribution in [0.5, 0.6) is 23.0 Å². The summed E-state index contributed by atoms with van der Waals surface area (Å²) in [5, 5.41) is 31.0. The van der Waals surface area contributed by atoms with Crippen molar-refractivity contribution in [2.75, 3.05) is 7.11 Å². The van der Waals surface area contributed by atoms with Gasteiger partial charge in [0.05, 0.1) is 7.11 Å². The first kappa shape index (κ1) is 31.0. The maximum absolute atomic E-state index is 13.2. The van der Waals surface area contributed by atoms with E-state index in [0.29, 0.717) is 30.1 Å². The van der Waals surface area contributed by atoms with Crippen molar-refractivity contribution in [3.63, 3.8) is 0 Å². The van der Waals surface area contributed by atoms with Crippen LogP contribution in [-0.4, -0.2) is 28.2 Å². The van der Waals surface area contributed by atoms with Crippen molar-refractivity contribution in [2.45, 2.75) is 91.4 Å². The predicted octanol–water partition coefficient (Wildman–Crippen LogP) is 8.75. The molecule has 0 aliphatic carbocycles. The van der Waals surface area contributed by atoms with Gasteiger partial charge in [-0.1, -0.05) is 81.9 Å². The van der Waals surface area contributed by atoms with Gasteiger partial charge in [0.1, 0.15) is 28.6 Å². The number of unbranched alkanes of at least 4 members (excludes halogenated alkanes) is 4. The molecule has 0 aliphatic heterocycles. The molecular weight excluding hydrogens is 476 g/mol. The molecule has 0 aromatic heterocycles. The first-order valence-corrected chi connectivity index (χ1v) is 14.1. The summed E-state index contributed by atoms with van der Waals surface area (Å²) in [5.74, 6) is 0.164. The van der Waals surface area contributed by atoms with Gasteiger partial charge in [-0.25, -0.2) is 0 Å². The number of allylic oxidation sites excluding steroid dienone is 3. The number of carbonyl (C=O) groups excluding carboxylic acids is 1. The Morgan fingerprint density at radius 1 is 1.00 bits per heavy atom. The highest BCUT2D eigenvalue weighted by Crippen LogP contribution is 2.40. The lowest BCUT2D eigenvalue weighted by atomic mass is 9.88. The topological polar surface area (TPSA) is 87.0 Å².